The molecule has 0 radical (unpaired) electrons. The first-order valence-electron chi connectivity index (χ1n) is 9.76. The number of likely N-dealkylation sites (tertiary alicyclic amines) is 1. The molecule has 1 aliphatic heterocycles. The zero-order chi connectivity index (χ0) is 22.1. The molecule has 1 heterocycles. The number of amides is 2. The second kappa shape index (κ2) is 8.18. The highest BCUT2D eigenvalue weighted by molar-refractivity contribution is 5.91. The van der Waals surface area contributed by atoms with E-state index in [4.69, 9.17) is 10.5 Å². The van der Waals surface area contributed by atoms with Gasteiger partial charge in [-0.05, 0) is 38.0 Å². The number of nitrogens with two attached hydrogens (primary N) is 1. The van der Waals surface area contributed by atoms with Crippen molar-refractivity contribution in [2.45, 2.75) is 44.2 Å². The third-order valence-corrected chi connectivity index (χ3v) is 5.20. The third-order valence-electron chi connectivity index (χ3n) is 5.20. The SMILES string of the molecule is CC(C)(C)OC(=O)N1CC(c2ccccc2C(=O)O)[C@@H](c2ccccc2)[C@H]1C(N)=O. The molecule has 0 saturated carbocycles. The van der Waals surface area contributed by atoms with Crippen LogP contribution in [0.4, 0.5) is 4.79 Å². The van der Waals surface area contributed by atoms with Gasteiger partial charge in [0.1, 0.15) is 11.6 Å². The van der Waals surface area contributed by atoms with Gasteiger partial charge < -0.3 is 15.6 Å². The number of aromatic carboxylic acids is 1. The molecule has 0 spiro atoms. The van der Waals surface area contributed by atoms with E-state index in [9.17, 15) is 19.5 Å². The highest BCUT2D eigenvalue weighted by Gasteiger charge is 2.50. The van der Waals surface area contributed by atoms with Crippen LogP contribution in [-0.2, 0) is 9.53 Å². The van der Waals surface area contributed by atoms with Crippen LogP contribution in [0.5, 0.6) is 0 Å². The molecule has 0 aromatic heterocycles. The van der Waals surface area contributed by atoms with Crippen LogP contribution in [0, 0.1) is 0 Å². The molecular formula is C23H26N2O5. The molecule has 7 heteroatoms. The van der Waals surface area contributed by atoms with E-state index in [1.807, 2.05) is 30.3 Å². The molecule has 0 aliphatic carbocycles. The first kappa shape index (κ1) is 21.4. The smallest absolute Gasteiger partial charge is 0.411 e. The van der Waals surface area contributed by atoms with Gasteiger partial charge in [0.2, 0.25) is 5.91 Å². The first-order chi connectivity index (χ1) is 14.1. The van der Waals surface area contributed by atoms with E-state index in [0.29, 0.717) is 5.56 Å². The quantitative estimate of drug-likeness (QED) is 0.803. The Kier molecular flexibility index (Phi) is 5.82. The molecule has 3 rings (SSSR count). The van der Waals surface area contributed by atoms with Gasteiger partial charge in [-0.15, -0.1) is 0 Å². The van der Waals surface area contributed by atoms with Crippen molar-refractivity contribution in [3.8, 4) is 0 Å². The minimum atomic E-state index is -1.07. The average Bonchev–Trinajstić information content (AvgIpc) is 3.08. The maximum Gasteiger partial charge on any atom is 0.411 e. The summed E-state index contributed by atoms with van der Waals surface area (Å²) in [5, 5.41) is 9.69. The maximum atomic E-state index is 12.9. The number of rotatable bonds is 4. The lowest BCUT2D eigenvalue weighted by Gasteiger charge is -2.29. The third kappa shape index (κ3) is 4.30. The number of hydrogen-bond acceptors (Lipinski definition) is 4. The molecule has 2 amide bonds. The molecule has 2 aromatic carbocycles. The Morgan fingerprint density at radius 2 is 1.63 bits per heavy atom. The van der Waals surface area contributed by atoms with E-state index in [2.05, 4.69) is 0 Å². The summed E-state index contributed by atoms with van der Waals surface area (Å²) in [4.78, 5) is 38.6. The fourth-order valence-corrected chi connectivity index (χ4v) is 4.09. The van der Waals surface area contributed by atoms with Crippen LogP contribution in [0.25, 0.3) is 0 Å². The number of hydrogen-bond donors (Lipinski definition) is 2. The molecule has 1 fully saturated rings. The summed E-state index contributed by atoms with van der Waals surface area (Å²) in [6.07, 6.45) is -0.650. The van der Waals surface area contributed by atoms with Crippen LogP contribution < -0.4 is 5.73 Å². The largest absolute Gasteiger partial charge is 0.478 e. The second-order valence-electron chi connectivity index (χ2n) is 8.42. The van der Waals surface area contributed by atoms with E-state index in [1.54, 1.807) is 39.0 Å². The topological polar surface area (TPSA) is 110 Å². The Morgan fingerprint density at radius 3 is 2.20 bits per heavy atom. The number of carbonyl (C=O) groups excluding carboxylic acids is 2. The van der Waals surface area contributed by atoms with Gasteiger partial charge in [-0.2, -0.15) is 0 Å². The van der Waals surface area contributed by atoms with E-state index in [-0.39, 0.29) is 12.1 Å². The van der Waals surface area contributed by atoms with Gasteiger partial charge in [-0.1, -0.05) is 48.5 Å². The fraction of sp³-hybridized carbons (Fsp3) is 0.348. The Hall–Kier alpha value is -3.35. The molecule has 158 valence electrons. The van der Waals surface area contributed by atoms with Crippen molar-refractivity contribution in [1.29, 1.82) is 0 Å². The molecule has 3 atom stereocenters. The van der Waals surface area contributed by atoms with E-state index >= 15 is 0 Å². The van der Waals surface area contributed by atoms with Crippen molar-refractivity contribution in [3.05, 3.63) is 71.3 Å². The predicted molar refractivity (Wildman–Crippen MR) is 111 cm³/mol. The van der Waals surface area contributed by atoms with Gasteiger partial charge in [-0.25, -0.2) is 9.59 Å². The molecule has 2 aromatic rings. The average molecular weight is 410 g/mol. The van der Waals surface area contributed by atoms with Crippen LogP contribution in [0.15, 0.2) is 54.6 Å². The molecule has 1 unspecified atom stereocenters. The normalized spacial score (nSPS) is 21.3. The summed E-state index contributed by atoms with van der Waals surface area (Å²) < 4.78 is 5.51. The van der Waals surface area contributed by atoms with Crippen LogP contribution in [0.1, 0.15) is 54.1 Å². The lowest BCUT2D eigenvalue weighted by Crippen LogP contribution is -2.47. The highest BCUT2D eigenvalue weighted by atomic mass is 16.6. The minimum Gasteiger partial charge on any atom is -0.478 e. The molecular weight excluding hydrogens is 384 g/mol. The fourth-order valence-electron chi connectivity index (χ4n) is 4.09. The Bertz CT molecular complexity index is 952. The summed E-state index contributed by atoms with van der Waals surface area (Å²) in [6, 6.07) is 14.9. The Balaban J connectivity index is 2.14. The summed E-state index contributed by atoms with van der Waals surface area (Å²) >= 11 is 0. The number of benzene rings is 2. The lowest BCUT2D eigenvalue weighted by atomic mass is 9.79. The van der Waals surface area contributed by atoms with Gasteiger partial charge in [0.05, 0.1) is 5.56 Å². The molecule has 1 aliphatic rings. The van der Waals surface area contributed by atoms with Crippen molar-refractivity contribution in [2.24, 2.45) is 5.73 Å². The molecule has 1 saturated heterocycles. The standard InChI is InChI=1S/C23H26N2O5/c1-23(2,3)30-22(29)25-13-17(15-11-7-8-12-16(15)21(27)28)18(19(25)20(24)26)14-9-5-4-6-10-14/h4-12,17-19H,13H2,1-3H3,(H2,24,26)(H,27,28)/t17?,18-,19+/m1/s1. The number of nitrogens with zero attached hydrogens (tertiary/aromatic N) is 1. The van der Waals surface area contributed by atoms with E-state index in [1.165, 1.54) is 11.0 Å². The Labute approximate surface area is 175 Å². The van der Waals surface area contributed by atoms with Gasteiger partial charge in [-0.3, -0.25) is 9.69 Å². The zero-order valence-corrected chi connectivity index (χ0v) is 17.2. The maximum absolute atomic E-state index is 12.9. The summed E-state index contributed by atoms with van der Waals surface area (Å²) in [7, 11) is 0. The highest BCUT2D eigenvalue weighted by Crippen LogP contribution is 2.45. The molecule has 30 heavy (non-hydrogen) atoms. The summed E-state index contributed by atoms with van der Waals surface area (Å²) in [5.74, 6) is -2.67. The van der Waals surface area contributed by atoms with Gasteiger partial charge >= 0.3 is 12.1 Å². The van der Waals surface area contributed by atoms with E-state index in [0.717, 1.165) is 5.56 Å². The van der Waals surface area contributed by atoms with Crippen molar-refractivity contribution in [2.75, 3.05) is 6.54 Å². The number of carboxylic acids is 1. The zero-order valence-electron chi connectivity index (χ0n) is 17.2. The second-order valence-corrected chi connectivity index (χ2v) is 8.42. The van der Waals surface area contributed by atoms with Gasteiger partial charge in [0.15, 0.2) is 0 Å². The molecule has 0 bridgehead atoms. The van der Waals surface area contributed by atoms with Gasteiger partial charge in [0.25, 0.3) is 0 Å². The lowest BCUT2D eigenvalue weighted by molar-refractivity contribution is -0.122. The minimum absolute atomic E-state index is 0.117. The van der Waals surface area contributed by atoms with Crippen molar-refractivity contribution in [3.63, 3.8) is 0 Å². The number of primary amides is 1. The monoisotopic (exact) mass is 410 g/mol. The van der Waals surface area contributed by atoms with Crippen molar-refractivity contribution >= 4 is 18.0 Å². The van der Waals surface area contributed by atoms with Gasteiger partial charge in [0, 0.05) is 18.4 Å². The summed E-state index contributed by atoms with van der Waals surface area (Å²) in [6.45, 7) is 5.34. The summed E-state index contributed by atoms with van der Waals surface area (Å²) in [5.41, 5.74) is 6.49. The van der Waals surface area contributed by atoms with Crippen LogP contribution in [0.2, 0.25) is 0 Å². The Morgan fingerprint density at radius 1 is 1.03 bits per heavy atom. The van der Waals surface area contributed by atoms with E-state index < -0.39 is 41.4 Å². The number of carboxylic acid groups (broad SMARTS) is 1. The molecule has 7 nitrogen and oxygen atoms in total. The van der Waals surface area contributed by atoms with Crippen LogP contribution in [-0.4, -0.2) is 46.2 Å². The first-order valence-corrected chi connectivity index (χ1v) is 9.76. The number of carbonyl (C=O) groups is 3. The van der Waals surface area contributed by atoms with Crippen molar-refractivity contribution in [1.82, 2.24) is 4.90 Å². The predicted octanol–water partition coefficient (Wildman–Crippen LogP) is 3.36. The molecule has 3 N–H and O–H groups in total. The van der Waals surface area contributed by atoms with Crippen LogP contribution >= 0.6 is 0 Å². The van der Waals surface area contributed by atoms with Crippen molar-refractivity contribution < 1.29 is 24.2 Å². The van der Waals surface area contributed by atoms with Crippen LogP contribution in [0.3, 0.4) is 0 Å². The number of ether oxygens (including phenoxy) is 1.